The summed E-state index contributed by atoms with van der Waals surface area (Å²) in [6, 6.07) is 3.89. The van der Waals surface area contributed by atoms with Crippen LogP contribution < -0.4 is 0 Å². The third-order valence-corrected chi connectivity index (χ3v) is 2.61. The van der Waals surface area contributed by atoms with E-state index in [1.165, 1.54) is 6.07 Å². The smallest absolute Gasteiger partial charge is 0.166 e. The Kier molecular flexibility index (Phi) is 3.48. The zero-order chi connectivity index (χ0) is 10.9. The summed E-state index contributed by atoms with van der Waals surface area (Å²) in [5.74, 6) is 0. The van der Waals surface area contributed by atoms with Crippen molar-refractivity contribution in [1.29, 1.82) is 0 Å². The van der Waals surface area contributed by atoms with Crippen LogP contribution in [-0.4, -0.2) is 0 Å². The number of halogens is 5. The molecular weight excluding hydrogens is 280 g/mol. The number of hydrogen-bond donors (Lipinski definition) is 0. The van der Waals surface area contributed by atoms with Crippen LogP contribution in [0, 0.1) is 0 Å². The third kappa shape index (κ3) is 2.64. The van der Waals surface area contributed by atoms with Gasteiger partial charge >= 0.3 is 6.18 Å². The average molecular weight is 288 g/mol. The summed E-state index contributed by atoms with van der Waals surface area (Å²) in [5.41, 5.74) is -0.232. The molecule has 1 rings (SSSR count). The molecule has 1 atom stereocenters. The van der Waals surface area contributed by atoms with Crippen molar-refractivity contribution in [3.05, 3.63) is 34.3 Å². The molecule has 1 aromatic carbocycles. The van der Waals surface area contributed by atoms with Crippen LogP contribution in [0.4, 0.5) is 13.2 Å². The van der Waals surface area contributed by atoms with E-state index < -0.39 is 11.7 Å². The predicted molar refractivity (Wildman–Crippen MR) is 53.8 cm³/mol. The zero-order valence-corrected chi connectivity index (χ0v) is 9.54. The van der Waals surface area contributed by atoms with Gasteiger partial charge in [0.25, 0.3) is 0 Å². The van der Waals surface area contributed by atoms with Crippen molar-refractivity contribution < 1.29 is 13.2 Å². The van der Waals surface area contributed by atoms with E-state index in [0.29, 0.717) is 5.56 Å². The van der Waals surface area contributed by atoms with Gasteiger partial charge in [0.1, 0.15) is 0 Å². The Hall–Kier alpha value is -0.220. The Morgan fingerprint density at radius 2 is 1.93 bits per heavy atom. The molecule has 1 aromatic rings. The second kappa shape index (κ2) is 4.11. The van der Waals surface area contributed by atoms with Gasteiger partial charge in [0.2, 0.25) is 0 Å². The fraction of sp³-hybridized carbons (Fsp3) is 0.333. The lowest BCUT2D eigenvalue weighted by Gasteiger charge is -2.11. The lowest BCUT2D eigenvalue weighted by molar-refractivity contribution is -0.137. The Labute approximate surface area is 93.2 Å². The molecular formula is C9H7BrClF3. The van der Waals surface area contributed by atoms with Crippen LogP contribution in [0.15, 0.2) is 18.2 Å². The highest BCUT2D eigenvalue weighted by atomic mass is 79.9. The molecule has 0 aromatic heterocycles. The van der Waals surface area contributed by atoms with Crippen molar-refractivity contribution in [1.82, 2.24) is 0 Å². The average Bonchev–Trinajstić information content (AvgIpc) is 2.02. The normalized spacial score (nSPS) is 14.1. The minimum Gasteiger partial charge on any atom is -0.166 e. The molecule has 78 valence electrons. The van der Waals surface area contributed by atoms with Crippen molar-refractivity contribution in [2.45, 2.75) is 17.9 Å². The first-order valence-electron chi connectivity index (χ1n) is 3.83. The monoisotopic (exact) mass is 286 g/mol. The van der Waals surface area contributed by atoms with E-state index in [-0.39, 0.29) is 9.85 Å². The second-order valence-corrected chi connectivity index (χ2v) is 4.63. The molecule has 0 spiro atoms. The van der Waals surface area contributed by atoms with Gasteiger partial charge in [-0.2, -0.15) is 13.2 Å². The molecule has 0 nitrogen and oxygen atoms in total. The quantitative estimate of drug-likeness (QED) is 0.650. The van der Waals surface area contributed by atoms with E-state index in [9.17, 15) is 13.2 Å². The van der Waals surface area contributed by atoms with Crippen LogP contribution in [0.5, 0.6) is 0 Å². The van der Waals surface area contributed by atoms with E-state index >= 15 is 0 Å². The van der Waals surface area contributed by atoms with E-state index in [4.69, 9.17) is 11.6 Å². The fourth-order valence-electron chi connectivity index (χ4n) is 1.01. The zero-order valence-electron chi connectivity index (χ0n) is 7.20. The Balaban J connectivity index is 3.22. The van der Waals surface area contributed by atoms with Crippen molar-refractivity contribution >= 4 is 27.5 Å². The maximum absolute atomic E-state index is 12.4. The predicted octanol–water partition coefficient (Wildman–Crippen LogP) is 4.81. The summed E-state index contributed by atoms with van der Waals surface area (Å²) in [4.78, 5) is -0.124. The summed E-state index contributed by atoms with van der Waals surface area (Å²) < 4.78 is 37.2. The summed E-state index contributed by atoms with van der Waals surface area (Å²) in [6.07, 6.45) is -4.39. The molecule has 0 heterocycles. The number of rotatable bonds is 1. The van der Waals surface area contributed by atoms with Gasteiger partial charge in [-0.25, -0.2) is 0 Å². The first kappa shape index (κ1) is 11.9. The van der Waals surface area contributed by atoms with Gasteiger partial charge in [-0.05, 0) is 24.6 Å². The van der Waals surface area contributed by atoms with Gasteiger partial charge in [0.15, 0.2) is 0 Å². The summed E-state index contributed by atoms with van der Waals surface area (Å²) in [5, 5.41) is -0.269. The summed E-state index contributed by atoms with van der Waals surface area (Å²) in [6.45, 7) is 1.75. The highest BCUT2D eigenvalue weighted by Crippen LogP contribution is 2.37. The molecule has 14 heavy (non-hydrogen) atoms. The fourth-order valence-corrected chi connectivity index (χ4v) is 1.52. The maximum Gasteiger partial charge on any atom is 0.417 e. The van der Waals surface area contributed by atoms with Gasteiger partial charge in [-0.1, -0.05) is 33.6 Å². The first-order valence-corrected chi connectivity index (χ1v) is 5.12. The molecule has 5 heteroatoms. The van der Waals surface area contributed by atoms with Crippen LogP contribution >= 0.6 is 27.5 Å². The molecule has 0 bridgehead atoms. The molecule has 0 fully saturated rings. The highest BCUT2D eigenvalue weighted by Gasteiger charge is 2.33. The van der Waals surface area contributed by atoms with E-state index in [1.807, 2.05) is 0 Å². The lowest BCUT2D eigenvalue weighted by Crippen LogP contribution is -2.06. The van der Waals surface area contributed by atoms with Crippen LogP contribution in [0.1, 0.15) is 22.9 Å². The van der Waals surface area contributed by atoms with E-state index in [2.05, 4.69) is 15.9 Å². The Morgan fingerprint density at radius 3 is 2.36 bits per heavy atom. The third-order valence-electron chi connectivity index (χ3n) is 1.76. The highest BCUT2D eigenvalue weighted by molar-refractivity contribution is 9.09. The topological polar surface area (TPSA) is 0 Å². The lowest BCUT2D eigenvalue weighted by atomic mass is 10.1. The van der Waals surface area contributed by atoms with E-state index in [0.717, 1.165) is 6.07 Å². The van der Waals surface area contributed by atoms with Gasteiger partial charge < -0.3 is 0 Å². The van der Waals surface area contributed by atoms with Crippen LogP contribution in [0.3, 0.4) is 0 Å². The maximum atomic E-state index is 12.4. The van der Waals surface area contributed by atoms with Crippen LogP contribution in [0.2, 0.25) is 5.02 Å². The molecule has 0 amide bonds. The molecule has 0 N–H and O–H groups in total. The van der Waals surface area contributed by atoms with Crippen molar-refractivity contribution in [2.75, 3.05) is 0 Å². The van der Waals surface area contributed by atoms with Gasteiger partial charge in [-0.3, -0.25) is 0 Å². The number of alkyl halides is 4. The molecule has 0 aliphatic rings. The van der Waals surface area contributed by atoms with Crippen molar-refractivity contribution in [2.24, 2.45) is 0 Å². The molecule has 0 unspecified atom stereocenters. The molecule has 0 aliphatic carbocycles. The van der Waals surface area contributed by atoms with Gasteiger partial charge in [-0.15, -0.1) is 0 Å². The molecule has 0 radical (unpaired) electrons. The first-order chi connectivity index (χ1) is 6.32. The molecule has 0 aliphatic heterocycles. The molecule has 0 saturated carbocycles. The van der Waals surface area contributed by atoms with Gasteiger partial charge in [0.05, 0.1) is 10.6 Å². The van der Waals surface area contributed by atoms with Crippen LogP contribution in [-0.2, 0) is 6.18 Å². The number of hydrogen-bond acceptors (Lipinski definition) is 0. The van der Waals surface area contributed by atoms with Crippen molar-refractivity contribution in [3.63, 3.8) is 0 Å². The van der Waals surface area contributed by atoms with Crippen LogP contribution in [0.25, 0.3) is 0 Å². The standard InChI is InChI=1S/C9H7BrClF3/c1-5(10)6-2-3-8(11)7(4-6)9(12,13)14/h2-5H,1H3/t5-/m1/s1. The van der Waals surface area contributed by atoms with Crippen molar-refractivity contribution in [3.8, 4) is 0 Å². The summed E-state index contributed by atoms with van der Waals surface area (Å²) >= 11 is 8.65. The SMILES string of the molecule is C[C@@H](Br)c1ccc(Cl)c(C(F)(F)F)c1. The second-order valence-electron chi connectivity index (χ2n) is 2.85. The minimum absolute atomic E-state index is 0.124. The Bertz CT molecular complexity index is 333. The largest absolute Gasteiger partial charge is 0.417 e. The minimum atomic E-state index is -4.39. The number of benzene rings is 1. The summed E-state index contributed by atoms with van der Waals surface area (Å²) in [7, 11) is 0. The van der Waals surface area contributed by atoms with E-state index in [1.54, 1.807) is 13.0 Å². The molecule has 0 saturated heterocycles. The Morgan fingerprint density at radius 1 is 1.36 bits per heavy atom. The van der Waals surface area contributed by atoms with Gasteiger partial charge in [0, 0.05) is 4.83 Å².